The van der Waals surface area contributed by atoms with Gasteiger partial charge in [-0.25, -0.2) is 0 Å². The molecule has 3 heteroatoms. The van der Waals surface area contributed by atoms with Gasteiger partial charge >= 0.3 is 0 Å². The number of allylic oxidation sites excluding steroid dienone is 1. The van der Waals surface area contributed by atoms with Crippen LogP contribution < -0.4 is 0 Å². The molecule has 134 valence electrons. The SMILES string of the molecule is Cc1ccc2c(c1)c1c(n2C=C(c2ccncc2)C(C)C)CCN(C)C1. The molecule has 1 aromatic carbocycles. The van der Waals surface area contributed by atoms with Crippen molar-refractivity contribution in [1.82, 2.24) is 14.5 Å². The monoisotopic (exact) mass is 345 g/mol. The predicted octanol–water partition coefficient (Wildman–Crippen LogP) is 4.99. The standard InChI is InChI=1S/C23H27N3/c1-16(2)20(18-7-10-24-11-8-18)15-26-22-6-5-17(3)13-19(22)21-14-25(4)12-9-23(21)26/h5-8,10-11,13,15-16H,9,12,14H2,1-4H3. The van der Waals surface area contributed by atoms with Gasteiger partial charge in [0.2, 0.25) is 0 Å². The van der Waals surface area contributed by atoms with E-state index in [0.717, 1.165) is 19.5 Å². The molecule has 0 saturated carbocycles. The maximum absolute atomic E-state index is 4.18. The van der Waals surface area contributed by atoms with Crippen molar-refractivity contribution < 1.29 is 0 Å². The maximum atomic E-state index is 4.18. The van der Waals surface area contributed by atoms with Crippen LogP contribution in [0.2, 0.25) is 0 Å². The minimum atomic E-state index is 0.446. The molecular weight excluding hydrogens is 318 g/mol. The summed E-state index contributed by atoms with van der Waals surface area (Å²) in [6, 6.07) is 11.1. The molecule has 0 saturated heterocycles. The summed E-state index contributed by atoms with van der Waals surface area (Å²) < 4.78 is 2.45. The summed E-state index contributed by atoms with van der Waals surface area (Å²) in [4.78, 5) is 6.60. The highest BCUT2D eigenvalue weighted by molar-refractivity contribution is 5.90. The molecule has 0 aliphatic carbocycles. The van der Waals surface area contributed by atoms with Gasteiger partial charge in [-0.3, -0.25) is 4.98 Å². The highest BCUT2D eigenvalue weighted by atomic mass is 15.1. The first kappa shape index (κ1) is 17.0. The maximum Gasteiger partial charge on any atom is 0.0529 e. The zero-order valence-electron chi connectivity index (χ0n) is 16.2. The van der Waals surface area contributed by atoms with Crippen LogP contribution in [0.3, 0.4) is 0 Å². The van der Waals surface area contributed by atoms with E-state index in [2.05, 4.69) is 78.8 Å². The van der Waals surface area contributed by atoms with Crippen LogP contribution in [0.1, 0.15) is 36.2 Å². The molecule has 3 nitrogen and oxygen atoms in total. The van der Waals surface area contributed by atoms with E-state index in [4.69, 9.17) is 0 Å². The second kappa shape index (κ2) is 6.73. The lowest BCUT2D eigenvalue weighted by Gasteiger charge is -2.24. The van der Waals surface area contributed by atoms with Crippen molar-refractivity contribution in [3.8, 4) is 0 Å². The van der Waals surface area contributed by atoms with Crippen LogP contribution in [-0.2, 0) is 13.0 Å². The Morgan fingerprint density at radius 2 is 1.92 bits per heavy atom. The highest BCUT2D eigenvalue weighted by Crippen LogP contribution is 2.34. The zero-order valence-corrected chi connectivity index (χ0v) is 16.2. The van der Waals surface area contributed by atoms with Crippen LogP contribution in [0, 0.1) is 12.8 Å². The number of benzene rings is 1. The summed E-state index contributed by atoms with van der Waals surface area (Å²) >= 11 is 0. The van der Waals surface area contributed by atoms with Crippen LogP contribution in [0.25, 0.3) is 22.7 Å². The van der Waals surface area contributed by atoms with Gasteiger partial charge in [-0.2, -0.15) is 0 Å². The van der Waals surface area contributed by atoms with Gasteiger partial charge in [-0.1, -0.05) is 25.5 Å². The lowest BCUT2D eigenvalue weighted by atomic mass is 9.97. The van der Waals surface area contributed by atoms with Gasteiger partial charge in [0.15, 0.2) is 0 Å². The van der Waals surface area contributed by atoms with Gasteiger partial charge in [-0.05, 0) is 60.9 Å². The van der Waals surface area contributed by atoms with Gasteiger partial charge in [-0.15, -0.1) is 0 Å². The average molecular weight is 345 g/mol. The van der Waals surface area contributed by atoms with Crippen LogP contribution in [0.15, 0.2) is 42.7 Å². The highest BCUT2D eigenvalue weighted by Gasteiger charge is 2.22. The molecule has 4 rings (SSSR count). The third kappa shape index (κ3) is 2.97. The molecule has 3 heterocycles. The van der Waals surface area contributed by atoms with Crippen LogP contribution in [0.5, 0.6) is 0 Å². The van der Waals surface area contributed by atoms with Gasteiger partial charge in [0.25, 0.3) is 0 Å². The summed E-state index contributed by atoms with van der Waals surface area (Å²) in [7, 11) is 2.22. The molecule has 0 N–H and O–H groups in total. The van der Waals surface area contributed by atoms with Crippen molar-refractivity contribution in [1.29, 1.82) is 0 Å². The van der Waals surface area contributed by atoms with E-state index in [1.165, 1.54) is 38.9 Å². The topological polar surface area (TPSA) is 21.1 Å². The number of fused-ring (bicyclic) bond motifs is 3. The minimum Gasteiger partial charge on any atom is -0.320 e. The van der Waals surface area contributed by atoms with Gasteiger partial charge < -0.3 is 9.47 Å². The van der Waals surface area contributed by atoms with Crippen molar-refractivity contribution in [3.63, 3.8) is 0 Å². The summed E-state index contributed by atoms with van der Waals surface area (Å²) in [6.07, 6.45) is 7.22. The molecule has 3 aromatic rings. The van der Waals surface area contributed by atoms with Crippen molar-refractivity contribution in [3.05, 3.63) is 65.1 Å². The summed E-state index contributed by atoms with van der Waals surface area (Å²) in [5.74, 6) is 0.446. The van der Waals surface area contributed by atoms with E-state index in [1.807, 2.05) is 12.4 Å². The number of pyridine rings is 1. The molecule has 0 amide bonds. The van der Waals surface area contributed by atoms with E-state index in [0.29, 0.717) is 5.92 Å². The lowest BCUT2D eigenvalue weighted by molar-refractivity contribution is 0.312. The van der Waals surface area contributed by atoms with E-state index in [1.54, 1.807) is 0 Å². The number of aromatic nitrogens is 2. The largest absolute Gasteiger partial charge is 0.320 e. The fraction of sp³-hybridized carbons (Fsp3) is 0.348. The van der Waals surface area contributed by atoms with Crippen LogP contribution in [0.4, 0.5) is 0 Å². The Bertz CT molecular complexity index is 964. The number of aryl methyl sites for hydroxylation is 1. The molecule has 1 aliphatic rings. The first-order chi connectivity index (χ1) is 12.5. The number of hydrogen-bond donors (Lipinski definition) is 0. The lowest BCUT2D eigenvalue weighted by Crippen LogP contribution is -2.26. The fourth-order valence-electron chi connectivity index (χ4n) is 4.03. The Balaban J connectivity index is 1.96. The molecule has 0 spiro atoms. The molecular formula is C23H27N3. The fourth-order valence-corrected chi connectivity index (χ4v) is 4.03. The third-order valence-electron chi connectivity index (χ3n) is 5.44. The zero-order chi connectivity index (χ0) is 18.3. The van der Waals surface area contributed by atoms with Crippen LogP contribution in [-0.4, -0.2) is 28.0 Å². The van der Waals surface area contributed by atoms with Crippen LogP contribution >= 0.6 is 0 Å². The summed E-state index contributed by atoms with van der Waals surface area (Å²) in [5, 5.41) is 1.40. The van der Waals surface area contributed by atoms with Crippen molar-refractivity contribution >= 4 is 22.7 Å². The summed E-state index contributed by atoms with van der Waals surface area (Å²) in [5.41, 5.74) is 8.22. The number of nitrogens with zero attached hydrogens (tertiary/aromatic N) is 3. The Kier molecular flexibility index (Phi) is 4.41. The number of rotatable bonds is 3. The molecule has 2 aromatic heterocycles. The van der Waals surface area contributed by atoms with Gasteiger partial charge in [0.05, 0.1) is 5.52 Å². The third-order valence-corrected chi connectivity index (χ3v) is 5.44. The molecule has 1 aliphatic heterocycles. The van der Waals surface area contributed by atoms with Gasteiger partial charge in [0.1, 0.15) is 0 Å². The van der Waals surface area contributed by atoms with E-state index in [9.17, 15) is 0 Å². The van der Waals surface area contributed by atoms with E-state index < -0.39 is 0 Å². The van der Waals surface area contributed by atoms with Crippen molar-refractivity contribution in [2.75, 3.05) is 13.6 Å². The average Bonchev–Trinajstić information content (AvgIpc) is 2.92. The smallest absolute Gasteiger partial charge is 0.0529 e. The number of hydrogen-bond acceptors (Lipinski definition) is 2. The van der Waals surface area contributed by atoms with Gasteiger partial charge in [0, 0.05) is 49.2 Å². The first-order valence-electron chi connectivity index (χ1n) is 9.47. The first-order valence-corrected chi connectivity index (χ1v) is 9.47. The Morgan fingerprint density at radius 1 is 1.15 bits per heavy atom. The second-order valence-electron chi connectivity index (χ2n) is 7.78. The molecule has 0 fully saturated rings. The quantitative estimate of drug-likeness (QED) is 0.667. The van der Waals surface area contributed by atoms with E-state index in [-0.39, 0.29) is 0 Å². The van der Waals surface area contributed by atoms with Crippen molar-refractivity contribution in [2.24, 2.45) is 5.92 Å². The predicted molar refractivity (Wildman–Crippen MR) is 110 cm³/mol. The molecule has 0 unspecified atom stereocenters. The second-order valence-corrected chi connectivity index (χ2v) is 7.78. The Morgan fingerprint density at radius 3 is 2.65 bits per heavy atom. The Hall–Kier alpha value is -2.39. The van der Waals surface area contributed by atoms with Crippen molar-refractivity contribution in [2.45, 2.75) is 33.7 Å². The molecule has 26 heavy (non-hydrogen) atoms. The molecule has 0 radical (unpaired) electrons. The molecule has 0 bridgehead atoms. The number of likely N-dealkylation sites (N-methyl/N-ethyl adjacent to an activating group) is 1. The molecule has 0 atom stereocenters. The normalized spacial score (nSPS) is 15.7. The minimum absolute atomic E-state index is 0.446. The van der Waals surface area contributed by atoms with E-state index >= 15 is 0 Å². The Labute approximate surface area is 156 Å². The summed E-state index contributed by atoms with van der Waals surface area (Å²) in [6.45, 7) is 8.86.